The Balaban J connectivity index is 5.50. The summed E-state index contributed by atoms with van der Waals surface area (Å²) in [6.45, 7) is 4.48. The number of aliphatic carboxylic acids is 3. The molecule has 3 amide bonds. The summed E-state index contributed by atoms with van der Waals surface area (Å²) in [4.78, 5) is 70.3. The van der Waals surface area contributed by atoms with Crippen LogP contribution in [0.15, 0.2) is 0 Å². The molecule has 9 N–H and O–H groups in total. The molecule has 6 unspecified atom stereocenters. The quantitative estimate of drug-likeness (QED) is 0.124. The minimum Gasteiger partial charge on any atom is -0.481 e. The predicted molar refractivity (Wildman–Crippen MR) is 112 cm³/mol. The number of aliphatic hydroxyl groups is 1. The zero-order valence-corrected chi connectivity index (χ0v) is 18.6. The van der Waals surface area contributed by atoms with Crippen LogP contribution in [0.4, 0.5) is 0 Å². The second-order valence-corrected chi connectivity index (χ2v) is 7.63. The minimum atomic E-state index is -1.58. The maximum atomic E-state index is 12.7. The van der Waals surface area contributed by atoms with Crippen molar-refractivity contribution in [1.29, 1.82) is 0 Å². The molecule has 6 atom stereocenters. The van der Waals surface area contributed by atoms with Gasteiger partial charge in [-0.05, 0) is 19.3 Å². The number of carbonyl (C=O) groups excluding carboxylic acids is 3. The fraction of sp³-hybridized carbons (Fsp3) is 0.684. The third-order valence-electron chi connectivity index (χ3n) is 4.85. The van der Waals surface area contributed by atoms with Crippen molar-refractivity contribution in [2.24, 2.45) is 11.7 Å². The maximum Gasteiger partial charge on any atom is 0.326 e. The topological polar surface area (TPSA) is 245 Å². The van der Waals surface area contributed by atoms with Gasteiger partial charge in [-0.25, -0.2) is 4.79 Å². The van der Waals surface area contributed by atoms with E-state index in [1.807, 2.05) is 0 Å². The van der Waals surface area contributed by atoms with Crippen LogP contribution in [0, 0.1) is 5.92 Å². The van der Waals surface area contributed by atoms with E-state index in [4.69, 9.17) is 15.9 Å². The van der Waals surface area contributed by atoms with Crippen molar-refractivity contribution < 1.29 is 49.2 Å². The molecule has 188 valence electrons. The molecular weight excluding hydrogens is 444 g/mol. The third kappa shape index (κ3) is 10.7. The molecule has 0 aromatic heterocycles. The number of hydrogen-bond donors (Lipinski definition) is 8. The number of aliphatic hydroxyl groups excluding tert-OH is 1. The van der Waals surface area contributed by atoms with Gasteiger partial charge in [-0.3, -0.25) is 24.0 Å². The molecule has 0 radical (unpaired) electrons. The van der Waals surface area contributed by atoms with E-state index in [0.717, 1.165) is 0 Å². The van der Waals surface area contributed by atoms with Gasteiger partial charge in [0.2, 0.25) is 17.7 Å². The van der Waals surface area contributed by atoms with Gasteiger partial charge >= 0.3 is 17.9 Å². The first-order valence-corrected chi connectivity index (χ1v) is 10.2. The Morgan fingerprint density at radius 1 is 0.818 bits per heavy atom. The maximum absolute atomic E-state index is 12.7. The lowest BCUT2D eigenvalue weighted by atomic mass is 9.96. The summed E-state index contributed by atoms with van der Waals surface area (Å²) in [5.74, 6) is -7.46. The first-order valence-electron chi connectivity index (χ1n) is 10.2. The van der Waals surface area contributed by atoms with E-state index < -0.39 is 84.7 Å². The molecule has 0 spiro atoms. The molecular formula is C19H32N4O10. The summed E-state index contributed by atoms with van der Waals surface area (Å²) in [6, 6.07) is -5.87. The second-order valence-electron chi connectivity index (χ2n) is 7.63. The smallest absolute Gasteiger partial charge is 0.326 e. The monoisotopic (exact) mass is 476 g/mol. The molecule has 0 aromatic rings. The lowest BCUT2D eigenvalue weighted by Crippen LogP contribution is -2.61. The van der Waals surface area contributed by atoms with Crippen LogP contribution in [-0.2, 0) is 28.8 Å². The number of rotatable bonds is 15. The highest BCUT2D eigenvalue weighted by Crippen LogP contribution is 2.10. The standard InChI is InChI=1S/C19H32N4O10/c1-4-8(2)14(17(30)21-11(19(32)33)5-6-12(25)26)22-18(31)15(9(3)24)23-16(29)10(20)7-13(27)28/h8-11,14-15,24H,4-7,20H2,1-3H3,(H,21,30)(H,22,31)(H,23,29)(H,25,26)(H,27,28)(H,32,33). The molecule has 33 heavy (non-hydrogen) atoms. The molecule has 0 rings (SSSR count). The van der Waals surface area contributed by atoms with Gasteiger partial charge in [0, 0.05) is 6.42 Å². The Morgan fingerprint density at radius 3 is 1.76 bits per heavy atom. The fourth-order valence-corrected chi connectivity index (χ4v) is 2.68. The van der Waals surface area contributed by atoms with Crippen LogP contribution in [0.5, 0.6) is 0 Å². The van der Waals surface area contributed by atoms with Crippen LogP contribution in [0.25, 0.3) is 0 Å². The summed E-state index contributed by atoms with van der Waals surface area (Å²) in [5, 5.41) is 43.3. The van der Waals surface area contributed by atoms with Gasteiger partial charge in [-0.15, -0.1) is 0 Å². The van der Waals surface area contributed by atoms with Gasteiger partial charge < -0.3 is 42.1 Å². The van der Waals surface area contributed by atoms with Gasteiger partial charge in [-0.1, -0.05) is 20.3 Å². The summed E-state index contributed by atoms with van der Waals surface area (Å²) in [7, 11) is 0. The van der Waals surface area contributed by atoms with Gasteiger partial charge in [0.15, 0.2) is 0 Å². The second kappa shape index (κ2) is 14.0. The van der Waals surface area contributed by atoms with E-state index in [0.29, 0.717) is 6.42 Å². The Hall–Kier alpha value is -3.26. The highest BCUT2D eigenvalue weighted by molar-refractivity contribution is 5.95. The lowest BCUT2D eigenvalue weighted by molar-refractivity contribution is -0.144. The summed E-state index contributed by atoms with van der Waals surface area (Å²) in [5.41, 5.74) is 5.45. The first-order chi connectivity index (χ1) is 15.2. The molecule has 0 saturated carbocycles. The summed E-state index contributed by atoms with van der Waals surface area (Å²) in [6.07, 6.45) is -2.69. The van der Waals surface area contributed by atoms with Crippen LogP contribution in [-0.4, -0.2) is 86.3 Å². The van der Waals surface area contributed by atoms with Crippen molar-refractivity contribution >= 4 is 35.6 Å². The van der Waals surface area contributed by atoms with Crippen LogP contribution in [0.3, 0.4) is 0 Å². The van der Waals surface area contributed by atoms with Crippen LogP contribution >= 0.6 is 0 Å². The van der Waals surface area contributed by atoms with Crippen molar-refractivity contribution in [2.75, 3.05) is 0 Å². The van der Waals surface area contributed by atoms with Crippen molar-refractivity contribution in [3.63, 3.8) is 0 Å². The zero-order chi connectivity index (χ0) is 25.9. The predicted octanol–water partition coefficient (Wildman–Crippen LogP) is -2.38. The van der Waals surface area contributed by atoms with E-state index in [2.05, 4.69) is 16.0 Å². The van der Waals surface area contributed by atoms with Gasteiger partial charge in [0.25, 0.3) is 0 Å². The molecule has 0 aliphatic heterocycles. The van der Waals surface area contributed by atoms with Crippen molar-refractivity contribution in [3.8, 4) is 0 Å². The Kier molecular flexibility index (Phi) is 12.6. The average molecular weight is 476 g/mol. The Bertz CT molecular complexity index is 742. The molecule has 0 fully saturated rings. The summed E-state index contributed by atoms with van der Waals surface area (Å²) >= 11 is 0. The SMILES string of the molecule is CCC(C)C(NC(=O)C(NC(=O)C(N)CC(=O)O)C(C)O)C(=O)NC(CCC(=O)O)C(=O)O. The number of carboxylic acids is 3. The highest BCUT2D eigenvalue weighted by atomic mass is 16.4. The number of carboxylic acid groups (broad SMARTS) is 3. The van der Waals surface area contributed by atoms with Gasteiger partial charge in [-0.2, -0.15) is 0 Å². The van der Waals surface area contributed by atoms with Crippen molar-refractivity contribution in [3.05, 3.63) is 0 Å². The molecule has 14 heteroatoms. The number of amides is 3. The average Bonchev–Trinajstić information content (AvgIpc) is 2.70. The fourth-order valence-electron chi connectivity index (χ4n) is 2.68. The van der Waals surface area contributed by atoms with Crippen LogP contribution in [0.2, 0.25) is 0 Å². The van der Waals surface area contributed by atoms with Gasteiger partial charge in [0.1, 0.15) is 18.1 Å². The van der Waals surface area contributed by atoms with Gasteiger partial charge in [0.05, 0.1) is 18.6 Å². The Morgan fingerprint density at radius 2 is 1.33 bits per heavy atom. The van der Waals surface area contributed by atoms with E-state index in [1.165, 1.54) is 6.92 Å². The van der Waals surface area contributed by atoms with Crippen molar-refractivity contribution in [1.82, 2.24) is 16.0 Å². The Labute approximate surface area is 189 Å². The first kappa shape index (κ1) is 29.7. The molecule has 0 aliphatic carbocycles. The van der Waals surface area contributed by atoms with Crippen molar-refractivity contribution in [2.45, 2.75) is 76.7 Å². The van der Waals surface area contributed by atoms with E-state index in [1.54, 1.807) is 13.8 Å². The molecule has 0 aliphatic rings. The van der Waals surface area contributed by atoms with E-state index >= 15 is 0 Å². The number of carbonyl (C=O) groups is 6. The third-order valence-corrected chi connectivity index (χ3v) is 4.85. The summed E-state index contributed by atoms with van der Waals surface area (Å²) < 4.78 is 0. The van der Waals surface area contributed by atoms with E-state index in [9.17, 15) is 39.0 Å². The number of hydrogen-bond acceptors (Lipinski definition) is 8. The number of nitrogens with two attached hydrogens (primary N) is 1. The zero-order valence-electron chi connectivity index (χ0n) is 18.6. The highest BCUT2D eigenvalue weighted by Gasteiger charge is 2.34. The van der Waals surface area contributed by atoms with Crippen LogP contribution < -0.4 is 21.7 Å². The number of nitrogens with one attached hydrogen (secondary N) is 3. The molecule has 0 heterocycles. The minimum absolute atomic E-state index is 0.375. The van der Waals surface area contributed by atoms with Crippen LogP contribution in [0.1, 0.15) is 46.5 Å². The normalized spacial score (nSPS) is 16.3. The largest absolute Gasteiger partial charge is 0.481 e. The molecule has 0 aromatic carbocycles. The molecule has 14 nitrogen and oxygen atoms in total. The molecule has 0 saturated heterocycles. The lowest BCUT2D eigenvalue weighted by Gasteiger charge is -2.28. The van der Waals surface area contributed by atoms with E-state index in [-0.39, 0.29) is 6.42 Å². The molecule has 0 bridgehead atoms.